The normalized spacial score (nSPS) is 16.0. The van der Waals surface area contributed by atoms with Gasteiger partial charge in [-0.3, -0.25) is 0 Å². The zero-order chi connectivity index (χ0) is 20.1. The number of rotatable bonds is 5. The van der Waals surface area contributed by atoms with Gasteiger partial charge in [0.1, 0.15) is 5.75 Å². The van der Waals surface area contributed by atoms with E-state index >= 15 is 0 Å². The van der Waals surface area contributed by atoms with Crippen molar-refractivity contribution in [3.63, 3.8) is 0 Å². The molecule has 148 valence electrons. The molecule has 1 N–H and O–H groups in total. The number of methoxy groups -OCH3 is 2. The number of anilines is 1. The Kier molecular flexibility index (Phi) is 6.19. The van der Waals surface area contributed by atoms with E-state index in [9.17, 15) is 9.59 Å². The van der Waals surface area contributed by atoms with Crippen molar-refractivity contribution in [3.8, 4) is 5.75 Å². The fourth-order valence-corrected chi connectivity index (χ4v) is 3.60. The van der Waals surface area contributed by atoms with Crippen molar-refractivity contribution in [2.75, 3.05) is 32.6 Å². The number of carbonyl (C=O) groups excluding carboxylic acids is 2. The summed E-state index contributed by atoms with van der Waals surface area (Å²) in [6.07, 6.45) is 1.65. The Hall–Kier alpha value is -3.02. The van der Waals surface area contributed by atoms with E-state index in [1.807, 2.05) is 48.2 Å². The molecule has 1 aliphatic heterocycles. The number of ether oxygens (including phenoxy) is 2. The lowest BCUT2D eigenvalue weighted by Crippen LogP contribution is -2.33. The number of nitrogens with one attached hydrogen (secondary N) is 1. The number of hydrogen-bond donors (Lipinski definition) is 1. The Labute approximate surface area is 165 Å². The number of benzene rings is 2. The van der Waals surface area contributed by atoms with Gasteiger partial charge in [-0.05, 0) is 61.1 Å². The molecule has 1 saturated heterocycles. The van der Waals surface area contributed by atoms with E-state index in [4.69, 9.17) is 9.47 Å². The molecule has 3 rings (SSSR count). The van der Waals surface area contributed by atoms with Crippen LogP contribution in [0.15, 0.2) is 42.5 Å². The van der Waals surface area contributed by atoms with Crippen molar-refractivity contribution in [2.45, 2.75) is 19.8 Å². The molecule has 1 fully saturated rings. The Morgan fingerprint density at radius 2 is 1.96 bits per heavy atom. The van der Waals surface area contributed by atoms with Gasteiger partial charge in [0.05, 0.1) is 19.8 Å². The molecule has 28 heavy (non-hydrogen) atoms. The van der Waals surface area contributed by atoms with E-state index in [0.717, 1.165) is 35.4 Å². The largest absolute Gasteiger partial charge is 0.497 e. The van der Waals surface area contributed by atoms with Crippen molar-refractivity contribution in [1.29, 1.82) is 0 Å². The van der Waals surface area contributed by atoms with Gasteiger partial charge >= 0.3 is 12.0 Å². The lowest BCUT2D eigenvalue weighted by atomic mass is 9.95. The summed E-state index contributed by atoms with van der Waals surface area (Å²) in [6.45, 7) is 3.30. The van der Waals surface area contributed by atoms with E-state index in [1.165, 1.54) is 7.11 Å². The highest BCUT2D eigenvalue weighted by Gasteiger charge is 2.27. The quantitative estimate of drug-likeness (QED) is 0.797. The van der Waals surface area contributed by atoms with Crippen LogP contribution >= 0.6 is 0 Å². The summed E-state index contributed by atoms with van der Waals surface area (Å²) in [6, 6.07) is 13.0. The third kappa shape index (κ3) is 4.44. The van der Waals surface area contributed by atoms with Crippen LogP contribution in [-0.4, -0.2) is 44.2 Å². The van der Waals surface area contributed by atoms with Crippen molar-refractivity contribution in [1.82, 2.24) is 4.90 Å². The molecule has 0 aromatic heterocycles. The fraction of sp³-hybridized carbons (Fsp3) is 0.364. The molecule has 1 unspecified atom stereocenters. The van der Waals surface area contributed by atoms with Gasteiger partial charge in [-0.15, -0.1) is 0 Å². The minimum absolute atomic E-state index is 0.1000. The summed E-state index contributed by atoms with van der Waals surface area (Å²) < 4.78 is 10.1. The molecule has 2 aromatic carbocycles. The molecular weight excluding hydrogens is 356 g/mol. The molecule has 2 amide bonds. The second-order valence-electron chi connectivity index (χ2n) is 7.06. The Morgan fingerprint density at radius 1 is 1.18 bits per heavy atom. The van der Waals surface area contributed by atoms with Crippen LogP contribution in [0.5, 0.6) is 5.75 Å². The first kappa shape index (κ1) is 19.7. The molecule has 0 bridgehead atoms. The average molecular weight is 382 g/mol. The van der Waals surface area contributed by atoms with Gasteiger partial charge in [0.25, 0.3) is 0 Å². The van der Waals surface area contributed by atoms with Gasteiger partial charge in [-0.2, -0.15) is 0 Å². The summed E-state index contributed by atoms with van der Waals surface area (Å²) in [4.78, 5) is 26.4. The fourth-order valence-electron chi connectivity index (χ4n) is 3.60. The Morgan fingerprint density at radius 3 is 2.68 bits per heavy atom. The molecule has 1 heterocycles. The highest BCUT2D eigenvalue weighted by atomic mass is 16.5. The number of carbonyl (C=O) groups is 2. The summed E-state index contributed by atoms with van der Waals surface area (Å²) in [7, 11) is 3.01. The van der Waals surface area contributed by atoms with E-state index < -0.39 is 0 Å². The third-order valence-corrected chi connectivity index (χ3v) is 5.18. The minimum atomic E-state index is -0.321. The number of hydrogen-bond acceptors (Lipinski definition) is 4. The first-order valence-corrected chi connectivity index (χ1v) is 9.38. The monoisotopic (exact) mass is 382 g/mol. The van der Waals surface area contributed by atoms with Crippen LogP contribution in [0.2, 0.25) is 0 Å². The zero-order valence-corrected chi connectivity index (χ0v) is 16.5. The molecule has 1 atom stereocenters. The number of aryl methyl sites for hydroxylation is 1. The zero-order valence-electron chi connectivity index (χ0n) is 16.5. The van der Waals surface area contributed by atoms with Gasteiger partial charge in [-0.25, -0.2) is 9.59 Å². The topological polar surface area (TPSA) is 67.9 Å². The van der Waals surface area contributed by atoms with Crippen molar-refractivity contribution in [3.05, 3.63) is 59.2 Å². The van der Waals surface area contributed by atoms with Crippen molar-refractivity contribution in [2.24, 2.45) is 5.92 Å². The van der Waals surface area contributed by atoms with Crippen LogP contribution in [0.4, 0.5) is 10.5 Å². The minimum Gasteiger partial charge on any atom is -0.497 e. The summed E-state index contributed by atoms with van der Waals surface area (Å²) in [5, 5.41) is 2.98. The predicted molar refractivity (Wildman–Crippen MR) is 108 cm³/mol. The number of urea groups is 1. The number of amides is 2. The second-order valence-corrected chi connectivity index (χ2v) is 7.06. The molecule has 0 radical (unpaired) electrons. The molecule has 0 spiro atoms. The SMILES string of the molecule is COC(=O)c1ccccc1CC1CCN(C(=O)Nc2ccc(OC)cc2C)C1. The number of esters is 1. The van der Waals surface area contributed by atoms with Gasteiger partial charge in [0.15, 0.2) is 0 Å². The van der Waals surface area contributed by atoms with Crippen LogP contribution < -0.4 is 10.1 Å². The number of nitrogens with zero attached hydrogens (tertiary/aromatic N) is 1. The Bertz CT molecular complexity index is 865. The van der Waals surface area contributed by atoms with Crippen LogP contribution in [0.1, 0.15) is 27.9 Å². The van der Waals surface area contributed by atoms with E-state index in [0.29, 0.717) is 24.6 Å². The van der Waals surface area contributed by atoms with Gasteiger partial charge in [-0.1, -0.05) is 18.2 Å². The summed E-state index contributed by atoms with van der Waals surface area (Å²) in [5.74, 6) is 0.757. The molecule has 0 saturated carbocycles. The van der Waals surface area contributed by atoms with Crippen molar-refractivity contribution < 1.29 is 19.1 Å². The molecule has 0 aliphatic carbocycles. The first-order valence-electron chi connectivity index (χ1n) is 9.38. The highest BCUT2D eigenvalue weighted by Crippen LogP contribution is 2.25. The third-order valence-electron chi connectivity index (χ3n) is 5.18. The van der Waals surface area contributed by atoms with Crippen LogP contribution in [-0.2, 0) is 11.2 Å². The second kappa shape index (κ2) is 8.78. The van der Waals surface area contributed by atoms with Gasteiger partial charge < -0.3 is 19.7 Å². The average Bonchev–Trinajstić information content (AvgIpc) is 3.18. The molecule has 2 aromatic rings. The molecular formula is C22H26N2O4. The lowest BCUT2D eigenvalue weighted by Gasteiger charge is -2.19. The van der Waals surface area contributed by atoms with Crippen LogP contribution in [0.3, 0.4) is 0 Å². The summed E-state index contributed by atoms with van der Waals surface area (Å²) >= 11 is 0. The maximum absolute atomic E-state index is 12.7. The smallest absolute Gasteiger partial charge is 0.338 e. The Balaban J connectivity index is 1.61. The standard InChI is InChI=1S/C22H26N2O4/c1-15-12-18(27-2)8-9-20(15)23-22(26)24-11-10-16(14-24)13-17-6-4-5-7-19(17)21(25)28-3/h4-9,12,16H,10-11,13-14H2,1-3H3,(H,23,26). The first-order chi connectivity index (χ1) is 13.5. The number of likely N-dealkylation sites (tertiary alicyclic amines) is 1. The maximum atomic E-state index is 12.7. The van der Waals surface area contributed by atoms with Gasteiger partial charge in [0, 0.05) is 18.8 Å². The summed E-state index contributed by atoms with van der Waals surface area (Å²) in [5.41, 5.74) is 3.30. The molecule has 6 heteroatoms. The van der Waals surface area contributed by atoms with Crippen molar-refractivity contribution >= 4 is 17.7 Å². The van der Waals surface area contributed by atoms with E-state index in [1.54, 1.807) is 13.2 Å². The highest BCUT2D eigenvalue weighted by molar-refractivity contribution is 5.91. The van der Waals surface area contributed by atoms with Crippen LogP contribution in [0.25, 0.3) is 0 Å². The van der Waals surface area contributed by atoms with Crippen LogP contribution in [0, 0.1) is 12.8 Å². The lowest BCUT2D eigenvalue weighted by molar-refractivity contribution is 0.0599. The van der Waals surface area contributed by atoms with E-state index in [2.05, 4.69) is 5.32 Å². The predicted octanol–water partition coefficient (Wildman–Crippen LogP) is 3.89. The maximum Gasteiger partial charge on any atom is 0.338 e. The van der Waals surface area contributed by atoms with Gasteiger partial charge in [0.2, 0.25) is 0 Å². The molecule has 6 nitrogen and oxygen atoms in total. The molecule has 1 aliphatic rings. The van der Waals surface area contributed by atoms with E-state index in [-0.39, 0.29) is 12.0 Å².